The molecule has 0 saturated heterocycles. The molecule has 0 unspecified atom stereocenters. The molecule has 0 radical (unpaired) electrons. The number of rotatable bonds is 6. The van der Waals surface area contributed by atoms with E-state index in [-0.39, 0.29) is 20.1 Å². The Bertz CT molecular complexity index is 1180. The molecule has 6 heteroatoms. The van der Waals surface area contributed by atoms with Gasteiger partial charge in [0.25, 0.3) is 0 Å². The second kappa shape index (κ2) is 14.3. The van der Waals surface area contributed by atoms with Crippen LogP contribution in [0.25, 0.3) is 0 Å². The Balaban J connectivity index is 0.000000176. The number of para-hydroxylation sites is 3. The summed E-state index contributed by atoms with van der Waals surface area (Å²) in [7, 11) is 0. The van der Waals surface area contributed by atoms with Crippen LogP contribution in [-0.4, -0.2) is 15.0 Å². The summed E-state index contributed by atoms with van der Waals surface area (Å²) >= 11 is 0. The zero-order valence-corrected chi connectivity index (χ0v) is 23.3. The van der Waals surface area contributed by atoms with E-state index in [0.717, 1.165) is 34.5 Å². The van der Waals surface area contributed by atoms with Crippen LogP contribution in [0.5, 0.6) is 0 Å². The molecular formula is C33H24IrN5. The van der Waals surface area contributed by atoms with E-state index in [9.17, 15) is 0 Å². The van der Waals surface area contributed by atoms with E-state index in [1.165, 1.54) is 0 Å². The molecule has 3 aromatic heterocycles. The molecule has 0 atom stereocenters. The maximum Gasteiger partial charge on any atom is 3.00 e. The third kappa shape index (κ3) is 7.23. The van der Waals surface area contributed by atoms with Crippen molar-refractivity contribution in [3.8, 4) is 0 Å². The molecule has 0 spiro atoms. The fraction of sp³-hybridized carbons (Fsp3) is 0. The van der Waals surface area contributed by atoms with E-state index in [4.69, 9.17) is 0 Å². The molecule has 0 aliphatic heterocycles. The number of hydrogen-bond donors (Lipinski definition) is 0. The summed E-state index contributed by atoms with van der Waals surface area (Å²) in [5.74, 6) is 2.50. The largest absolute Gasteiger partial charge is 3.00 e. The van der Waals surface area contributed by atoms with Crippen LogP contribution in [0.4, 0.5) is 34.5 Å². The Morgan fingerprint density at radius 1 is 0.385 bits per heavy atom. The average molecular weight is 683 g/mol. The van der Waals surface area contributed by atoms with Crippen LogP contribution in [0.1, 0.15) is 0 Å². The summed E-state index contributed by atoms with van der Waals surface area (Å²) in [4.78, 5) is 17.2. The van der Waals surface area contributed by atoms with Crippen molar-refractivity contribution < 1.29 is 20.1 Å². The van der Waals surface area contributed by atoms with Crippen molar-refractivity contribution in [3.05, 3.63) is 164 Å². The van der Waals surface area contributed by atoms with Gasteiger partial charge in [-0.15, -0.1) is 18.2 Å². The number of hydrogen-bond acceptors (Lipinski definition) is 5. The molecule has 0 N–H and O–H groups in total. The van der Waals surface area contributed by atoms with Gasteiger partial charge in [-0.1, -0.05) is 35.3 Å². The fourth-order valence-corrected chi connectivity index (χ4v) is 3.77. The molecule has 190 valence electrons. The van der Waals surface area contributed by atoms with E-state index in [0.29, 0.717) is 0 Å². The summed E-state index contributed by atoms with van der Waals surface area (Å²) in [6.45, 7) is 0. The normalized spacial score (nSPS) is 9.85. The zero-order chi connectivity index (χ0) is 25.8. The Morgan fingerprint density at radius 3 is 1.03 bits per heavy atom. The topological polar surface area (TPSA) is 45.2 Å². The van der Waals surface area contributed by atoms with Gasteiger partial charge in [-0.2, -0.15) is 72.8 Å². The molecule has 0 amide bonds. The summed E-state index contributed by atoms with van der Waals surface area (Å²) in [5.41, 5.74) is 2.81. The van der Waals surface area contributed by atoms with Crippen LogP contribution < -0.4 is 9.80 Å². The Labute approximate surface area is 242 Å². The van der Waals surface area contributed by atoms with Gasteiger partial charge in [-0.25, -0.2) is 15.0 Å². The smallest absolute Gasteiger partial charge is 0.344 e. The van der Waals surface area contributed by atoms with Crippen LogP contribution in [0.15, 0.2) is 146 Å². The molecule has 0 saturated carbocycles. The fourth-order valence-electron chi connectivity index (χ4n) is 3.77. The molecule has 0 aliphatic rings. The number of pyridine rings is 3. The van der Waals surface area contributed by atoms with Gasteiger partial charge in [0.1, 0.15) is 17.5 Å². The van der Waals surface area contributed by atoms with E-state index in [1.807, 2.05) is 137 Å². The minimum Gasteiger partial charge on any atom is -0.344 e. The average Bonchev–Trinajstić information content (AvgIpc) is 3.01. The van der Waals surface area contributed by atoms with Crippen LogP contribution in [0, 0.1) is 18.2 Å². The predicted molar refractivity (Wildman–Crippen MR) is 152 cm³/mol. The van der Waals surface area contributed by atoms with Crippen molar-refractivity contribution in [2.24, 2.45) is 0 Å². The first-order valence-corrected chi connectivity index (χ1v) is 12.1. The summed E-state index contributed by atoms with van der Waals surface area (Å²) in [5, 5.41) is 0. The first-order chi connectivity index (χ1) is 18.9. The quantitative estimate of drug-likeness (QED) is 0.167. The zero-order valence-electron chi connectivity index (χ0n) is 20.9. The first-order valence-electron chi connectivity index (χ1n) is 12.1. The van der Waals surface area contributed by atoms with E-state index < -0.39 is 0 Å². The van der Waals surface area contributed by atoms with E-state index in [2.05, 4.69) is 33.2 Å². The number of anilines is 6. The molecule has 0 aliphatic carbocycles. The summed E-state index contributed by atoms with van der Waals surface area (Å²) in [6, 6.07) is 50.6. The van der Waals surface area contributed by atoms with Crippen molar-refractivity contribution >= 4 is 34.5 Å². The summed E-state index contributed by atoms with van der Waals surface area (Å²) < 4.78 is 0. The van der Waals surface area contributed by atoms with E-state index >= 15 is 0 Å². The second-order valence-corrected chi connectivity index (χ2v) is 7.98. The molecule has 6 aromatic rings. The van der Waals surface area contributed by atoms with Gasteiger partial charge in [-0.3, -0.25) is 0 Å². The molecule has 6 rings (SSSR count). The second-order valence-electron chi connectivity index (χ2n) is 7.98. The Kier molecular flexibility index (Phi) is 10.1. The van der Waals surface area contributed by atoms with Crippen molar-refractivity contribution in [1.82, 2.24) is 15.0 Å². The number of benzene rings is 3. The van der Waals surface area contributed by atoms with Crippen LogP contribution >= 0.6 is 0 Å². The standard InChI is InChI=1S/C17H12N2.C16H12N3.Ir/c1-3-9-15(10-4-1)19(16-11-5-2-6-12-16)17-13-7-8-14-18-17;1-2-8-14(9-3-1)19(15-10-4-6-12-17-15)16-11-5-7-13-18-16;/h1-9,11,13-14H;1-8,10-13H;/q-2;-1;+3. The first kappa shape index (κ1) is 27.4. The molecule has 5 nitrogen and oxygen atoms in total. The molecular weight excluding hydrogens is 659 g/mol. The molecule has 3 aromatic carbocycles. The monoisotopic (exact) mass is 683 g/mol. The summed E-state index contributed by atoms with van der Waals surface area (Å²) in [6.07, 6.45) is 5.33. The van der Waals surface area contributed by atoms with Crippen molar-refractivity contribution in [2.75, 3.05) is 9.80 Å². The van der Waals surface area contributed by atoms with Gasteiger partial charge in [0, 0.05) is 18.6 Å². The van der Waals surface area contributed by atoms with Gasteiger partial charge < -0.3 is 9.80 Å². The predicted octanol–water partition coefficient (Wildman–Crippen LogP) is 7.90. The van der Waals surface area contributed by atoms with Crippen LogP contribution in [0.3, 0.4) is 0 Å². The van der Waals surface area contributed by atoms with Gasteiger partial charge in [0.05, 0.1) is 0 Å². The van der Waals surface area contributed by atoms with Crippen molar-refractivity contribution in [3.63, 3.8) is 0 Å². The van der Waals surface area contributed by atoms with Crippen molar-refractivity contribution in [1.29, 1.82) is 0 Å². The number of aromatic nitrogens is 3. The Hall–Kier alpha value is -4.64. The molecule has 3 heterocycles. The van der Waals surface area contributed by atoms with Gasteiger partial charge in [0.15, 0.2) is 0 Å². The third-order valence-electron chi connectivity index (χ3n) is 5.44. The SMILES string of the molecule is [Ir+3].[c-]1ccccc1N(c1[c-]cccc1)c1ccccn1.[c-]1ccccc1N(c1ccccn1)c1ccccn1. The minimum atomic E-state index is 0. The van der Waals surface area contributed by atoms with Gasteiger partial charge in [-0.05, 0) is 36.4 Å². The van der Waals surface area contributed by atoms with Crippen molar-refractivity contribution in [2.45, 2.75) is 0 Å². The molecule has 0 fully saturated rings. The Morgan fingerprint density at radius 2 is 0.718 bits per heavy atom. The minimum absolute atomic E-state index is 0. The third-order valence-corrected chi connectivity index (χ3v) is 5.44. The van der Waals surface area contributed by atoms with Gasteiger partial charge >= 0.3 is 20.1 Å². The molecule has 39 heavy (non-hydrogen) atoms. The van der Waals surface area contributed by atoms with Crippen LogP contribution in [-0.2, 0) is 20.1 Å². The van der Waals surface area contributed by atoms with E-state index in [1.54, 1.807) is 18.6 Å². The molecule has 0 bridgehead atoms. The maximum atomic E-state index is 4.42. The maximum absolute atomic E-state index is 4.42. The number of nitrogens with zero attached hydrogens (tertiary/aromatic N) is 5. The van der Waals surface area contributed by atoms with Crippen LogP contribution in [0.2, 0.25) is 0 Å². The van der Waals surface area contributed by atoms with Gasteiger partial charge in [0.2, 0.25) is 0 Å².